The fraction of sp³-hybridized carbons (Fsp3) is 0.786. The zero-order valence-corrected chi connectivity index (χ0v) is 46.4. The van der Waals surface area contributed by atoms with E-state index in [1.54, 1.807) is 0 Å². The van der Waals surface area contributed by atoms with Gasteiger partial charge in [0.15, 0.2) is 0 Å². The van der Waals surface area contributed by atoms with Gasteiger partial charge in [-0.05, 0) is 76.3 Å². The second kappa shape index (κ2) is 48.2. The van der Waals surface area contributed by atoms with Gasteiger partial charge >= 0.3 is 63.3 Å². The molecule has 0 fully saturated rings. The Balaban J connectivity index is 0.0000410. The average Bonchev–Trinajstić information content (AvgIpc) is 3.28. The van der Waals surface area contributed by atoms with Gasteiger partial charge in [0.25, 0.3) is 0 Å². The van der Waals surface area contributed by atoms with Crippen molar-refractivity contribution in [3.8, 4) is 0 Å². The van der Waals surface area contributed by atoms with Gasteiger partial charge in [-0.2, -0.15) is 0 Å². The molecular weight excluding hydrogens is 856 g/mol. The minimum absolute atomic E-state index is 0. The van der Waals surface area contributed by atoms with Crippen LogP contribution in [0.5, 0.6) is 0 Å². The van der Waals surface area contributed by atoms with Crippen LogP contribution < -0.4 is 51.4 Å². The minimum Gasteiger partial charge on any atom is -0.744 e. The number of unbranched alkanes of at least 4 members (excludes halogenated alkanes) is 36. The maximum Gasteiger partial charge on any atom is 1.00 e. The number of rotatable bonds is 47. The Bertz CT molecular complexity index is 1410. The van der Waals surface area contributed by atoms with Gasteiger partial charge in [0, 0.05) is 0 Å². The van der Waals surface area contributed by atoms with E-state index in [4.69, 9.17) is 9.47 Å². The monoisotopic (exact) mass is 953 g/mol. The quantitative estimate of drug-likeness (QED) is 0.0210. The largest absolute Gasteiger partial charge is 1.00 e. The fourth-order valence-electron chi connectivity index (χ4n) is 8.42. The van der Waals surface area contributed by atoms with Crippen molar-refractivity contribution in [1.29, 1.82) is 0 Å². The van der Waals surface area contributed by atoms with Gasteiger partial charge in [0.1, 0.15) is 10.1 Å². The van der Waals surface area contributed by atoms with Gasteiger partial charge in [-0.15, -0.1) is 0 Å². The third-order valence-corrected chi connectivity index (χ3v) is 13.4. The molecular formula is C56H97KO7S. The number of allylic oxidation sites excluding steroid dienone is 4. The Hall–Kier alpha value is -0.814. The van der Waals surface area contributed by atoms with Crippen LogP contribution in [0.4, 0.5) is 0 Å². The van der Waals surface area contributed by atoms with E-state index in [9.17, 15) is 22.6 Å². The summed E-state index contributed by atoms with van der Waals surface area (Å²) in [7, 11) is -5.02. The molecule has 0 saturated heterocycles. The van der Waals surface area contributed by atoms with Crippen LogP contribution in [0.3, 0.4) is 0 Å². The van der Waals surface area contributed by atoms with Crippen molar-refractivity contribution in [3.05, 3.63) is 53.6 Å². The van der Waals surface area contributed by atoms with E-state index in [0.29, 0.717) is 12.8 Å². The number of carbonyl (C=O) groups excluding carboxylic acids is 2. The number of carbonyl (C=O) groups is 2. The van der Waals surface area contributed by atoms with Gasteiger partial charge in [0.2, 0.25) is 0 Å². The molecule has 0 radical (unpaired) electrons. The first-order chi connectivity index (χ1) is 31.3. The molecule has 0 amide bonds. The fourth-order valence-corrected chi connectivity index (χ4v) is 9.11. The summed E-state index contributed by atoms with van der Waals surface area (Å²) in [4.78, 5) is 25.4. The molecule has 370 valence electrons. The molecule has 0 unspecified atom stereocenters. The first kappa shape index (κ1) is 64.2. The number of hydrogen-bond donors (Lipinski definition) is 0. The summed E-state index contributed by atoms with van der Waals surface area (Å²) in [6.45, 7) is 4.78. The summed E-state index contributed by atoms with van der Waals surface area (Å²) < 4.78 is 47.0. The van der Waals surface area contributed by atoms with Crippen molar-refractivity contribution < 1.29 is 83.4 Å². The molecule has 65 heavy (non-hydrogen) atoms. The summed E-state index contributed by atoms with van der Waals surface area (Å²) in [5.41, 5.74) is -0.769. The predicted molar refractivity (Wildman–Crippen MR) is 269 cm³/mol. The van der Waals surface area contributed by atoms with Crippen LogP contribution in [0.2, 0.25) is 0 Å². The molecule has 7 nitrogen and oxygen atoms in total. The van der Waals surface area contributed by atoms with E-state index in [-0.39, 0.29) is 70.2 Å². The second-order valence-corrected chi connectivity index (χ2v) is 19.9. The van der Waals surface area contributed by atoms with Gasteiger partial charge in [-0.1, -0.05) is 237 Å². The van der Waals surface area contributed by atoms with Crippen LogP contribution in [0.1, 0.15) is 291 Å². The van der Waals surface area contributed by atoms with Crippen molar-refractivity contribution >= 4 is 22.1 Å². The molecule has 0 heterocycles. The summed E-state index contributed by atoms with van der Waals surface area (Å²) in [6, 6.07) is 3.65. The molecule has 0 N–H and O–H groups in total. The molecule has 1 aromatic rings. The Kier molecular flexibility index (Phi) is 47.6. The third kappa shape index (κ3) is 39.7. The molecule has 0 atom stereocenters. The van der Waals surface area contributed by atoms with Crippen molar-refractivity contribution in [2.24, 2.45) is 0 Å². The Morgan fingerprint density at radius 2 is 0.708 bits per heavy atom. The van der Waals surface area contributed by atoms with Crippen molar-refractivity contribution in [2.45, 2.75) is 276 Å². The summed E-state index contributed by atoms with van der Waals surface area (Å²) in [5, 5.41) is 0. The Morgan fingerprint density at radius 3 is 1.02 bits per heavy atom. The predicted octanol–water partition coefficient (Wildman–Crippen LogP) is 14.7. The summed E-state index contributed by atoms with van der Waals surface area (Å²) >= 11 is 0. The molecule has 9 heteroatoms. The van der Waals surface area contributed by atoms with Crippen LogP contribution in [0, 0.1) is 0 Å². The molecule has 1 aromatic carbocycles. The molecule has 0 saturated carbocycles. The van der Waals surface area contributed by atoms with E-state index >= 15 is 0 Å². The number of benzene rings is 1. The van der Waals surface area contributed by atoms with Crippen LogP contribution in [-0.4, -0.2) is 38.1 Å². The van der Waals surface area contributed by atoms with E-state index < -0.39 is 32.5 Å². The van der Waals surface area contributed by atoms with Crippen molar-refractivity contribution in [1.82, 2.24) is 0 Å². The average molecular weight is 954 g/mol. The van der Waals surface area contributed by atoms with Crippen LogP contribution >= 0.6 is 0 Å². The van der Waals surface area contributed by atoms with Crippen LogP contribution in [0.15, 0.2) is 47.4 Å². The number of ether oxygens (including phenoxy) is 2. The van der Waals surface area contributed by atoms with Gasteiger partial charge in [0.05, 0.1) is 29.2 Å². The summed E-state index contributed by atoms with van der Waals surface area (Å²) in [5.74, 6) is -1.80. The first-order valence-corrected chi connectivity index (χ1v) is 28.5. The molecule has 0 spiro atoms. The normalized spacial score (nSPS) is 11.7. The van der Waals surface area contributed by atoms with E-state index in [0.717, 1.165) is 44.6 Å². The number of esters is 2. The first-order valence-electron chi connectivity index (χ1n) is 27.1. The molecule has 0 aliphatic heterocycles. The van der Waals surface area contributed by atoms with Crippen molar-refractivity contribution in [2.75, 3.05) is 13.2 Å². The van der Waals surface area contributed by atoms with Crippen LogP contribution in [-0.2, 0) is 19.6 Å². The minimum atomic E-state index is -5.02. The topological polar surface area (TPSA) is 110 Å². The Morgan fingerprint density at radius 1 is 0.431 bits per heavy atom. The van der Waals surface area contributed by atoms with Crippen LogP contribution in [0.25, 0.3) is 0 Å². The van der Waals surface area contributed by atoms with Gasteiger partial charge < -0.3 is 14.0 Å². The maximum absolute atomic E-state index is 13.1. The maximum atomic E-state index is 13.1. The molecule has 0 aliphatic carbocycles. The number of hydrogen-bond acceptors (Lipinski definition) is 7. The molecule has 1 rings (SSSR count). The standard InChI is InChI=1S/C56H98O7S.K/c1-3-5-7-9-11-13-15-17-19-21-23-25-27-29-31-33-35-37-39-41-43-45-50-62-55(57)52-48-47-49-53(64(59,60)61)54(52)56(58)63-51-46-44-42-40-38-36-34-32-30-28-26-24-22-20-18-16-14-12-10-8-6-4-2;/h15-18,47-49H,3-14,19-46,50-51H2,1-2H3,(H,59,60,61);/q;+1/p-1/b17-15+,18-16+;. The summed E-state index contributed by atoms with van der Waals surface area (Å²) in [6.07, 6.45) is 59.0. The zero-order chi connectivity index (χ0) is 46.4. The van der Waals surface area contributed by atoms with Crippen molar-refractivity contribution in [3.63, 3.8) is 0 Å². The van der Waals surface area contributed by atoms with E-state index in [1.165, 1.54) is 218 Å². The second-order valence-electron chi connectivity index (χ2n) is 18.5. The molecule has 0 aliphatic rings. The van der Waals surface area contributed by atoms with E-state index in [1.807, 2.05) is 0 Å². The zero-order valence-electron chi connectivity index (χ0n) is 42.5. The van der Waals surface area contributed by atoms with E-state index in [2.05, 4.69) is 38.2 Å². The molecule has 0 bridgehead atoms. The smallest absolute Gasteiger partial charge is 0.744 e. The Labute approximate surface area is 443 Å². The van der Waals surface area contributed by atoms with Gasteiger partial charge in [-0.25, -0.2) is 18.0 Å². The molecule has 0 aromatic heterocycles. The SMILES string of the molecule is CCCCCCC/C=C/CCCCCCCCCCCCCCCOC(=O)c1cccc(S(=O)(=O)[O-])c1C(=O)OCCCCCCCCCCCCCCC/C=C/CCCCCCC.[K+]. The third-order valence-electron chi connectivity index (χ3n) is 12.5. The van der Waals surface area contributed by atoms with Gasteiger partial charge in [-0.3, -0.25) is 0 Å².